The lowest BCUT2D eigenvalue weighted by atomic mass is 10.1. The zero-order valence-electron chi connectivity index (χ0n) is 11.0. The average molecular weight is 304 g/mol. The molecule has 1 nitrogen and oxygen atoms in total. The zero-order chi connectivity index (χ0) is 13.1. The van der Waals surface area contributed by atoms with E-state index >= 15 is 0 Å². The normalized spacial score (nSPS) is 10.4. The van der Waals surface area contributed by atoms with Gasteiger partial charge in [-0.15, -0.1) is 0 Å². The van der Waals surface area contributed by atoms with Crippen molar-refractivity contribution in [3.63, 3.8) is 0 Å². The van der Waals surface area contributed by atoms with Gasteiger partial charge in [0.25, 0.3) is 0 Å². The molecule has 0 saturated heterocycles. The fourth-order valence-electron chi connectivity index (χ4n) is 1.96. The maximum absolute atomic E-state index is 3.53. The molecule has 0 aliphatic heterocycles. The monoisotopic (exact) mass is 303 g/mol. The Morgan fingerprint density at radius 1 is 1.00 bits per heavy atom. The summed E-state index contributed by atoms with van der Waals surface area (Å²) in [6, 6.07) is 12.8. The highest BCUT2D eigenvalue weighted by molar-refractivity contribution is 9.10. The van der Waals surface area contributed by atoms with Gasteiger partial charge in [0.05, 0.1) is 0 Å². The van der Waals surface area contributed by atoms with Crippen molar-refractivity contribution in [3.8, 4) is 0 Å². The number of anilines is 1. The molecule has 0 aromatic heterocycles. The Hall–Kier alpha value is -1.28. The van der Waals surface area contributed by atoms with Gasteiger partial charge in [0.15, 0.2) is 0 Å². The molecule has 0 aliphatic carbocycles. The van der Waals surface area contributed by atoms with E-state index < -0.39 is 0 Å². The third-order valence-corrected chi connectivity index (χ3v) is 4.20. The van der Waals surface area contributed by atoms with E-state index in [1.165, 1.54) is 27.9 Å². The molecule has 2 rings (SSSR count). The number of hydrogen-bond acceptors (Lipinski definition) is 1. The molecule has 0 atom stereocenters. The first-order valence-electron chi connectivity index (χ1n) is 6.13. The summed E-state index contributed by atoms with van der Waals surface area (Å²) in [6.07, 6.45) is 0. The summed E-state index contributed by atoms with van der Waals surface area (Å²) >= 11 is 3.53. The van der Waals surface area contributed by atoms with Gasteiger partial charge in [0.1, 0.15) is 0 Å². The van der Waals surface area contributed by atoms with Crippen LogP contribution in [0.25, 0.3) is 0 Å². The van der Waals surface area contributed by atoms with E-state index in [2.05, 4.69) is 78.4 Å². The lowest BCUT2D eigenvalue weighted by Crippen LogP contribution is -2.02. The quantitative estimate of drug-likeness (QED) is 0.842. The Balaban J connectivity index is 2.11. The van der Waals surface area contributed by atoms with Crippen molar-refractivity contribution >= 4 is 21.6 Å². The summed E-state index contributed by atoms with van der Waals surface area (Å²) in [6.45, 7) is 7.28. The Morgan fingerprint density at radius 3 is 2.50 bits per heavy atom. The number of aryl methyl sites for hydroxylation is 2. The second-order valence-electron chi connectivity index (χ2n) is 4.68. The molecule has 0 amide bonds. The highest BCUT2D eigenvalue weighted by Gasteiger charge is 2.01. The van der Waals surface area contributed by atoms with Crippen molar-refractivity contribution in [2.75, 3.05) is 5.32 Å². The maximum atomic E-state index is 3.53. The maximum Gasteiger partial charge on any atom is 0.0400 e. The Bertz CT molecular complexity index is 561. The van der Waals surface area contributed by atoms with Crippen LogP contribution < -0.4 is 5.32 Å². The molecule has 94 valence electrons. The van der Waals surface area contributed by atoms with Crippen LogP contribution >= 0.6 is 15.9 Å². The summed E-state index contributed by atoms with van der Waals surface area (Å²) in [5, 5.41) is 3.50. The van der Waals surface area contributed by atoms with Gasteiger partial charge in [0, 0.05) is 16.7 Å². The lowest BCUT2D eigenvalue weighted by Gasteiger charge is -2.12. The number of nitrogens with one attached hydrogen (secondary N) is 1. The second-order valence-corrected chi connectivity index (χ2v) is 5.54. The van der Waals surface area contributed by atoms with Crippen molar-refractivity contribution < 1.29 is 0 Å². The van der Waals surface area contributed by atoms with Crippen molar-refractivity contribution in [2.24, 2.45) is 0 Å². The number of benzene rings is 2. The first-order chi connectivity index (χ1) is 8.58. The van der Waals surface area contributed by atoms with Crippen LogP contribution in [0.5, 0.6) is 0 Å². The molecule has 2 aromatic carbocycles. The van der Waals surface area contributed by atoms with E-state index in [9.17, 15) is 0 Å². The predicted molar refractivity (Wildman–Crippen MR) is 82.1 cm³/mol. The summed E-state index contributed by atoms with van der Waals surface area (Å²) in [5.41, 5.74) is 6.45. The molecule has 0 spiro atoms. The summed E-state index contributed by atoms with van der Waals surface area (Å²) in [4.78, 5) is 0. The third kappa shape index (κ3) is 2.94. The second kappa shape index (κ2) is 5.57. The van der Waals surface area contributed by atoms with E-state index in [4.69, 9.17) is 0 Å². The minimum Gasteiger partial charge on any atom is -0.381 e. The number of halogens is 1. The average Bonchev–Trinajstić information content (AvgIpc) is 2.35. The first-order valence-corrected chi connectivity index (χ1v) is 6.92. The highest BCUT2D eigenvalue weighted by atomic mass is 79.9. The largest absolute Gasteiger partial charge is 0.381 e. The van der Waals surface area contributed by atoms with E-state index in [0.717, 1.165) is 11.0 Å². The zero-order valence-corrected chi connectivity index (χ0v) is 12.6. The van der Waals surface area contributed by atoms with Crippen molar-refractivity contribution in [2.45, 2.75) is 27.3 Å². The SMILES string of the molecule is Cc1cc(CNc2cccc(C)c2C)ccc1Br. The smallest absolute Gasteiger partial charge is 0.0400 e. The van der Waals surface area contributed by atoms with Gasteiger partial charge in [-0.25, -0.2) is 0 Å². The molecule has 18 heavy (non-hydrogen) atoms. The minimum atomic E-state index is 0.860. The predicted octanol–water partition coefficient (Wildman–Crippen LogP) is 4.99. The van der Waals surface area contributed by atoms with Crippen LogP contribution in [0.3, 0.4) is 0 Å². The fraction of sp³-hybridized carbons (Fsp3) is 0.250. The highest BCUT2D eigenvalue weighted by Crippen LogP contribution is 2.20. The Morgan fingerprint density at radius 2 is 1.78 bits per heavy atom. The van der Waals surface area contributed by atoms with Crippen molar-refractivity contribution in [1.82, 2.24) is 0 Å². The molecule has 1 N–H and O–H groups in total. The molecular formula is C16H18BrN. The molecule has 0 fully saturated rings. The van der Waals surface area contributed by atoms with E-state index in [1.54, 1.807) is 0 Å². The Kier molecular flexibility index (Phi) is 4.07. The standard InChI is InChI=1S/C16H18BrN/c1-11-5-4-6-16(13(11)3)18-10-14-7-8-15(17)12(2)9-14/h4-9,18H,10H2,1-3H3. The van der Waals surface area contributed by atoms with Crippen LogP contribution in [0.1, 0.15) is 22.3 Å². The summed E-state index contributed by atoms with van der Waals surface area (Å²) in [5.74, 6) is 0. The number of rotatable bonds is 3. The topological polar surface area (TPSA) is 12.0 Å². The van der Waals surface area contributed by atoms with Crippen LogP contribution in [0.2, 0.25) is 0 Å². The molecule has 0 unspecified atom stereocenters. The molecule has 0 saturated carbocycles. The minimum absolute atomic E-state index is 0.860. The van der Waals surface area contributed by atoms with Crippen LogP contribution in [0.4, 0.5) is 5.69 Å². The molecule has 2 heteroatoms. The van der Waals surface area contributed by atoms with Gasteiger partial charge in [-0.1, -0.05) is 40.2 Å². The van der Waals surface area contributed by atoms with Gasteiger partial charge in [-0.2, -0.15) is 0 Å². The van der Waals surface area contributed by atoms with Crippen LogP contribution in [0, 0.1) is 20.8 Å². The first kappa shape index (κ1) is 13.2. The molecular weight excluding hydrogens is 286 g/mol. The van der Waals surface area contributed by atoms with Gasteiger partial charge >= 0.3 is 0 Å². The number of hydrogen-bond donors (Lipinski definition) is 1. The summed E-state index contributed by atoms with van der Waals surface area (Å²) < 4.78 is 1.16. The molecule has 0 radical (unpaired) electrons. The Labute approximate surface area is 117 Å². The van der Waals surface area contributed by atoms with Crippen LogP contribution in [0.15, 0.2) is 40.9 Å². The van der Waals surface area contributed by atoms with E-state index in [-0.39, 0.29) is 0 Å². The fourth-order valence-corrected chi connectivity index (χ4v) is 2.20. The van der Waals surface area contributed by atoms with E-state index in [1.807, 2.05) is 0 Å². The molecule has 0 heterocycles. The third-order valence-electron chi connectivity index (χ3n) is 3.31. The molecule has 0 bridgehead atoms. The summed E-state index contributed by atoms with van der Waals surface area (Å²) in [7, 11) is 0. The lowest BCUT2D eigenvalue weighted by molar-refractivity contribution is 1.12. The van der Waals surface area contributed by atoms with Gasteiger partial charge < -0.3 is 5.32 Å². The van der Waals surface area contributed by atoms with Gasteiger partial charge in [-0.05, 0) is 55.2 Å². The van der Waals surface area contributed by atoms with Gasteiger partial charge in [-0.3, -0.25) is 0 Å². The van der Waals surface area contributed by atoms with Crippen LogP contribution in [-0.4, -0.2) is 0 Å². The molecule has 0 aliphatic rings. The van der Waals surface area contributed by atoms with Crippen molar-refractivity contribution in [1.29, 1.82) is 0 Å². The van der Waals surface area contributed by atoms with E-state index in [0.29, 0.717) is 0 Å². The molecule has 2 aromatic rings. The van der Waals surface area contributed by atoms with Gasteiger partial charge in [0.2, 0.25) is 0 Å². The van der Waals surface area contributed by atoms with Crippen LogP contribution in [-0.2, 0) is 6.54 Å². The van der Waals surface area contributed by atoms with Crippen molar-refractivity contribution in [3.05, 3.63) is 63.1 Å².